The summed E-state index contributed by atoms with van der Waals surface area (Å²) < 4.78 is 18.3. The van der Waals surface area contributed by atoms with Gasteiger partial charge in [-0.25, -0.2) is 9.48 Å². The number of aromatic nitrogens is 2. The fourth-order valence-corrected chi connectivity index (χ4v) is 3.51. The lowest BCUT2D eigenvalue weighted by Crippen LogP contribution is -2.20. The van der Waals surface area contributed by atoms with E-state index in [2.05, 4.69) is 17.3 Å². The first-order valence-corrected chi connectivity index (χ1v) is 12.1. The maximum Gasteiger partial charge on any atom is 0.331 e. The minimum atomic E-state index is -0.625. The largest absolute Gasteiger partial charge is 0.490 e. The van der Waals surface area contributed by atoms with E-state index in [4.69, 9.17) is 14.2 Å². The maximum absolute atomic E-state index is 12.4. The predicted molar refractivity (Wildman–Crippen MR) is 140 cm³/mol. The first-order valence-electron chi connectivity index (χ1n) is 12.1. The number of amides is 1. The number of ether oxygens (including phenoxy) is 3. The van der Waals surface area contributed by atoms with Gasteiger partial charge in [0.15, 0.2) is 18.1 Å². The van der Waals surface area contributed by atoms with Crippen molar-refractivity contribution < 1.29 is 23.8 Å². The molecule has 0 bridgehead atoms. The molecule has 0 unspecified atom stereocenters. The van der Waals surface area contributed by atoms with Crippen LogP contribution in [0.3, 0.4) is 0 Å². The zero-order chi connectivity index (χ0) is 25.9. The molecule has 0 spiro atoms. The number of para-hydroxylation sites is 1. The Kier molecular flexibility index (Phi) is 9.68. The number of rotatable bonds is 12. The SMILES string of the molecule is CCCCOc1ccc(/C=C/C(=O)OCC(=O)Nc2c(C)nn(-c3ccccc3)c2C)cc1OCC. The number of nitrogens with one attached hydrogen (secondary N) is 1. The van der Waals surface area contributed by atoms with Crippen molar-refractivity contribution in [2.75, 3.05) is 25.1 Å². The summed E-state index contributed by atoms with van der Waals surface area (Å²) in [4.78, 5) is 24.6. The van der Waals surface area contributed by atoms with Gasteiger partial charge in [0.25, 0.3) is 5.91 Å². The summed E-state index contributed by atoms with van der Waals surface area (Å²) in [6, 6.07) is 15.1. The quantitative estimate of drug-likeness (QED) is 0.211. The second kappa shape index (κ2) is 13.1. The Hall–Kier alpha value is -4.07. The molecule has 0 atom stereocenters. The van der Waals surface area contributed by atoms with Crippen molar-refractivity contribution in [3.63, 3.8) is 0 Å². The Bertz CT molecular complexity index is 1200. The first-order chi connectivity index (χ1) is 17.4. The van der Waals surface area contributed by atoms with Gasteiger partial charge in [0.2, 0.25) is 0 Å². The van der Waals surface area contributed by atoms with Crippen LogP contribution in [-0.2, 0) is 14.3 Å². The second-order valence-electron chi connectivity index (χ2n) is 8.12. The van der Waals surface area contributed by atoms with E-state index in [0.29, 0.717) is 36.1 Å². The number of carbonyl (C=O) groups excluding carboxylic acids is 2. The van der Waals surface area contributed by atoms with E-state index in [1.165, 1.54) is 6.08 Å². The molecular weight excluding hydrogens is 458 g/mol. The number of esters is 1. The van der Waals surface area contributed by atoms with E-state index in [-0.39, 0.29) is 0 Å². The molecule has 0 aliphatic heterocycles. The third kappa shape index (κ3) is 7.21. The summed E-state index contributed by atoms with van der Waals surface area (Å²) in [5.41, 5.74) is 3.69. The number of unbranched alkanes of at least 4 members (excludes halogenated alkanes) is 1. The predicted octanol–water partition coefficient (Wildman–Crippen LogP) is 5.26. The van der Waals surface area contributed by atoms with Gasteiger partial charge in [-0.2, -0.15) is 5.10 Å². The third-order valence-corrected chi connectivity index (χ3v) is 5.34. The van der Waals surface area contributed by atoms with Crippen LogP contribution in [0.5, 0.6) is 11.5 Å². The van der Waals surface area contributed by atoms with Gasteiger partial charge in [0.05, 0.1) is 36.0 Å². The molecule has 0 saturated carbocycles. The van der Waals surface area contributed by atoms with Crippen LogP contribution in [0.4, 0.5) is 5.69 Å². The summed E-state index contributed by atoms with van der Waals surface area (Å²) in [6.45, 7) is 8.39. The van der Waals surface area contributed by atoms with Crippen LogP contribution >= 0.6 is 0 Å². The number of nitrogens with zero attached hydrogens (tertiary/aromatic N) is 2. The molecule has 1 amide bonds. The van der Waals surface area contributed by atoms with Gasteiger partial charge in [-0.15, -0.1) is 0 Å². The molecule has 0 radical (unpaired) electrons. The van der Waals surface area contributed by atoms with Crippen molar-refractivity contribution in [1.29, 1.82) is 0 Å². The number of benzene rings is 2. The van der Waals surface area contributed by atoms with E-state index >= 15 is 0 Å². The second-order valence-corrected chi connectivity index (χ2v) is 8.12. The van der Waals surface area contributed by atoms with Crippen LogP contribution in [0.1, 0.15) is 43.6 Å². The number of hydrogen-bond donors (Lipinski definition) is 1. The molecule has 1 N–H and O–H groups in total. The Morgan fingerprint density at radius 1 is 1.03 bits per heavy atom. The highest BCUT2D eigenvalue weighted by atomic mass is 16.5. The number of hydrogen-bond acceptors (Lipinski definition) is 6. The zero-order valence-corrected chi connectivity index (χ0v) is 21.2. The average Bonchev–Trinajstić information content (AvgIpc) is 3.16. The Balaban J connectivity index is 1.56. The molecule has 0 fully saturated rings. The van der Waals surface area contributed by atoms with Gasteiger partial charge in [-0.3, -0.25) is 4.79 Å². The van der Waals surface area contributed by atoms with Gasteiger partial charge in [-0.1, -0.05) is 37.6 Å². The molecule has 0 aliphatic rings. The topological polar surface area (TPSA) is 91.7 Å². The van der Waals surface area contributed by atoms with E-state index in [1.807, 2.05) is 63.2 Å². The third-order valence-electron chi connectivity index (χ3n) is 5.34. The van der Waals surface area contributed by atoms with Crippen molar-refractivity contribution in [2.45, 2.75) is 40.5 Å². The van der Waals surface area contributed by atoms with Gasteiger partial charge in [0, 0.05) is 6.08 Å². The van der Waals surface area contributed by atoms with E-state index in [1.54, 1.807) is 16.8 Å². The molecule has 0 saturated heterocycles. The fourth-order valence-electron chi connectivity index (χ4n) is 3.51. The minimum absolute atomic E-state index is 0.410. The summed E-state index contributed by atoms with van der Waals surface area (Å²) in [5, 5.41) is 7.30. The van der Waals surface area contributed by atoms with Crippen molar-refractivity contribution in [3.8, 4) is 17.2 Å². The van der Waals surface area contributed by atoms with Crippen molar-refractivity contribution in [1.82, 2.24) is 9.78 Å². The lowest BCUT2D eigenvalue weighted by atomic mass is 10.2. The van der Waals surface area contributed by atoms with Crippen LogP contribution < -0.4 is 14.8 Å². The standard InChI is InChI=1S/C28H33N3O5/c1-5-7-17-35-24-15-13-22(18-25(24)34-6-2)14-16-27(33)36-19-26(32)29-28-20(3)30-31(21(28)4)23-11-9-8-10-12-23/h8-16,18H,5-7,17,19H2,1-4H3,(H,29,32)/b16-14+. The first kappa shape index (κ1) is 26.5. The highest BCUT2D eigenvalue weighted by molar-refractivity contribution is 5.95. The monoisotopic (exact) mass is 491 g/mol. The molecule has 1 heterocycles. The zero-order valence-electron chi connectivity index (χ0n) is 21.2. The van der Waals surface area contributed by atoms with Crippen LogP contribution in [-0.4, -0.2) is 41.5 Å². The molecule has 190 valence electrons. The number of carbonyl (C=O) groups is 2. The van der Waals surface area contributed by atoms with Crippen LogP contribution in [0.25, 0.3) is 11.8 Å². The Labute approximate surface area is 211 Å². The van der Waals surface area contributed by atoms with Gasteiger partial charge < -0.3 is 19.5 Å². The smallest absolute Gasteiger partial charge is 0.331 e. The molecule has 8 nitrogen and oxygen atoms in total. The van der Waals surface area contributed by atoms with Gasteiger partial charge in [0.1, 0.15) is 0 Å². The molecule has 1 aromatic heterocycles. The molecule has 36 heavy (non-hydrogen) atoms. The summed E-state index contributed by atoms with van der Waals surface area (Å²) in [7, 11) is 0. The summed E-state index contributed by atoms with van der Waals surface area (Å²) >= 11 is 0. The normalized spacial score (nSPS) is 10.9. The summed E-state index contributed by atoms with van der Waals surface area (Å²) in [5.74, 6) is 0.218. The maximum atomic E-state index is 12.4. The highest BCUT2D eigenvalue weighted by Gasteiger charge is 2.16. The van der Waals surface area contributed by atoms with Crippen molar-refractivity contribution in [3.05, 3.63) is 71.6 Å². The van der Waals surface area contributed by atoms with Crippen LogP contribution in [0.15, 0.2) is 54.6 Å². The molecular formula is C28H33N3O5. The Morgan fingerprint density at radius 3 is 2.53 bits per heavy atom. The van der Waals surface area contributed by atoms with E-state index in [9.17, 15) is 9.59 Å². The van der Waals surface area contributed by atoms with Crippen molar-refractivity contribution >= 4 is 23.6 Å². The molecule has 2 aromatic carbocycles. The van der Waals surface area contributed by atoms with E-state index < -0.39 is 18.5 Å². The number of aryl methyl sites for hydroxylation is 1. The van der Waals surface area contributed by atoms with E-state index in [0.717, 1.165) is 29.8 Å². The molecule has 3 rings (SSSR count). The minimum Gasteiger partial charge on any atom is -0.490 e. The lowest BCUT2D eigenvalue weighted by molar-refractivity contribution is -0.142. The fraction of sp³-hybridized carbons (Fsp3) is 0.321. The lowest BCUT2D eigenvalue weighted by Gasteiger charge is -2.12. The summed E-state index contributed by atoms with van der Waals surface area (Å²) in [6.07, 6.45) is 4.89. The number of anilines is 1. The average molecular weight is 492 g/mol. The van der Waals surface area contributed by atoms with Crippen molar-refractivity contribution in [2.24, 2.45) is 0 Å². The van der Waals surface area contributed by atoms with Crippen LogP contribution in [0.2, 0.25) is 0 Å². The van der Waals surface area contributed by atoms with Gasteiger partial charge in [-0.05, 0) is 63.1 Å². The molecule has 0 aliphatic carbocycles. The molecule has 8 heteroatoms. The Morgan fingerprint density at radius 2 is 1.81 bits per heavy atom. The van der Waals surface area contributed by atoms with Gasteiger partial charge >= 0.3 is 5.97 Å². The highest BCUT2D eigenvalue weighted by Crippen LogP contribution is 2.29. The molecule has 3 aromatic rings. The van der Waals surface area contributed by atoms with Crippen LogP contribution in [0, 0.1) is 13.8 Å².